The van der Waals surface area contributed by atoms with E-state index in [0.29, 0.717) is 30.4 Å². The molecule has 1 aliphatic heterocycles. The maximum atomic E-state index is 12.9. The molecule has 1 fully saturated rings. The van der Waals surface area contributed by atoms with Gasteiger partial charge >= 0.3 is 0 Å². The molecule has 154 valence electrons. The predicted molar refractivity (Wildman–Crippen MR) is 109 cm³/mol. The number of hydrogen-bond acceptors (Lipinski definition) is 7. The highest BCUT2D eigenvalue weighted by atomic mass is 35.5. The van der Waals surface area contributed by atoms with Crippen LogP contribution in [0.25, 0.3) is 0 Å². The normalized spacial score (nSPS) is 18.3. The van der Waals surface area contributed by atoms with E-state index in [2.05, 4.69) is 31.8 Å². The lowest BCUT2D eigenvalue weighted by atomic mass is 9.77. The second-order valence-electron chi connectivity index (χ2n) is 6.91. The van der Waals surface area contributed by atoms with Crippen LogP contribution in [0.4, 0.5) is 17.5 Å². The van der Waals surface area contributed by atoms with Crippen LogP contribution >= 0.6 is 12.4 Å². The topological polar surface area (TPSA) is 129 Å². The number of halogens is 1. The van der Waals surface area contributed by atoms with Crippen molar-refractivity contribution >= 4 is 41.7 Å². The highest BCUT2D eigenvalue weighted by Crippen LogP contribution is 2.40. The van der Waals surface area contributed by atoms with E-state index in [1.807, 2.05) is 13.8 Å². The number of likely N-dealkylation sites (N-methyl/N-ethyl adjacent to an activating group) is 1. The van der Waals surface area contributed by atoms with Crippen LogP contribution in [0.1, 0.15) is 20.3 Å². The third kappa shape index (κ3) is 4.30. The molecule has 2 aromatic rings. The number of nitrogens with one attached hydrogen (secondary N) is 2. The summed E-state index contributed by atoms with van der Waals surface area (Å²) >= 11 is 0. The molecule has 3 heterocycles. The van der Waals surface area contributed by atoms with Crippen LogP contribution in [0, 0.1) is 22.7 Å². The first-order chi connectivity index (χ1) is 13.4. The lowest BCUT2D eigenvalue weighted by Crippen LogP contribution is -2.37. The third-order valence-corrected chi connectivity index (χ3v) is 4.93. The van der Waals surface area contributed by atoms with Crippen molar-refractivity contribution in [1.82, 2.24) is 25.1 Å². The summed E-state index contributed by atoms with van der Waals surface area (Å²) in [6.07, 6.45) is 5.23. The van der Waals surface area contributed by atoms with Gasteiger partial charge in [-0.15, -0.1) is 12.4 Å². The van der Waals surface area contributed by atoms with E-state index in [-0.39, 0.29) is 36.7 Å². The molecule has 1 aliphatic rings. The lowest BCUT2D eigenvalue weighted by molar-refractivity contribution is -0.124. The van der Waals surface area contributed by atoms with Gasteiger partial charge in [-0.25, -0.2) is 4.98 Å². The molecule has 2 N–H and O–H groups in total. The Kier molecular flexibility index (Phi) is 6.76. The molecular formula is C18H23ClN8O2. The third-order valence-electron chi connectivity index (χ3n) is 4.93. The molecule has 1 saturated heterocycles. The number of carbonyl (C=O) groups is 2. The van der Waals surface area contributed by atoms with Gasteiger partial charge in [0.05, 0.1) is 18.0 Å². The van der Waals surface area contributed by atoms with E-state index in [1.165, 1.54) is 9.58 Å². The predicted octanol–water partition coefficient (Wildman–Crippen LogP) is 1.49. The zero-order valence-corrected chi connectivity index (χ0v) is 17.2. The molecule has 1 atom stereocenters. The van der Waals surface area contributed by atoms with Gasteiger partial charge in [-0.3, -0.25) is 19.2 Å². The molecule has 3 rings (SSSR count). The van der Waals surface area contributed by atoms with Crippen molar-refractivity contribution in [2.45, 2.75) is 26.8 Å². The summed E-state index contributed by atoms with van der Waals surface area (Å²) in [5, 5.41) is 19.2. The highest BCUT2D eigenvalue weighted by Gasteiger charge is 2.50. The van der Waals surface area contributed by atoms with Gasteiger partial charge in [-0.2, -0.15) is 15.3 Å². The summed E-state index contributed by atoms with van der Waals surface area (Å²) in [6, 6.07) is 3.85. The lowest BCUT2D eigenvalue weighted by Gasteiger charge is -2.24. The first-order valence-corrected chi connectivity index (χ1v) is 8.96. The van der Waals surface area contributed by atoms with Gasteiger partial charge in [0.2, 0.25) is 17.8 Å². The monoisotopic (exact) mass is 418 g/mol. The fourth-order valence-electron chi connectivity index (χ4n) is 3.15. The van der Waals surface area contributed by atoms with E-state index in [9.17, 15) is 14.9 Å². The fourth-order valence-corrected chi connectivity index (χ4v) is 3.15. The average Bonchev–Trinajstić information content (AvgIpc) is 3.26. The Morgan fingerprint density at radius 3 is 2.83 bits per heavy atom. The van der Waals surface area contributed by atoms with Gasteiger partial charge in [0.25, 0.3) is 0 Å². The zero-order valence-electron chi connectivity index (χ0n) is 16.4. The van der Waals surface area contributed by atoms with Crippen LogP contribution in [0.15, 0.2) is 24.7 Å². The minimum absolute atomic E-state index is 0. The van der Waals surface area contributed by atoms with E-state index in [1.54, 1.807) is 31.7 Å². The molecule has 0 radical (unpaired) electrons. The van der Waals surface area contributed by atoms with E-state index in [4.69, 9.17) is 0 Å². The molecule has 0 saturated carbocycles. The molecule has 29 heavy (non-hydrogen) atoms. The largest absolute Gasteiger partial charge is 0.358 e. The van der Waals surface area contributed by atoms with Gasteiger partial charge in [0.1, 0.15) is 17.8 Å². The van der Waals surface area contributed by atoms with Crippen molar-refractivity contribution < 1.29 is 9.59 Å². The van der Waals surface area contributed by atoms with Gasteiger partial charge in [-0.1, -0.05) is 13.8 Å². The molecule has 10 nitrogen and oxygen atoms in total. The summed E-state index contributed by atoms with van der Waals surface area (Å²) in [5.74, 6) is 0.266. The van der Waals surface area contributed by atoms with Gasteiger partial charge in [-0.05, 0) is 18.4 Å². The van der Waals surface area contributed by atoms with Crippen LogP contribution in [-0.2, 0) is 16.1 Å². The number of hydrogen-bond donors (Lipinski definition) is 2. The molecule has 0 spiro atoms. The fraction of sp³-hybridized carbons (Fsp3) is 0.444. The maximum absolute atomic E-state index is 12.9. The number of rotatable bonds is 6. The Morgan fingerprint density at radius 1 is 1.45 bits per heavy atom. The first-order valence-electron chi connectivity index (χ1n) is 8.96. The second kappa shape index (κ2) is 8.87. The maximum Gasteiger partial charge on any atom is 0.248 e. The Hall–Kier alpha value is -3.19. The van der Waals surface area contributed by atoms with Gasteiger partial charge in [0, 0.05) is 26.0 Å². The average molecular weight is 419 g/mol. The number of nitrogens with zero attached hydrogens (tertiary/aromatic N) is 6. The number of anilines is 3. The zero-order chi connectivity index (χ0) is 20.3. The van der Waals surface area contributed by atoms with Gasteiger partial charge < -0.3 is 10.6 Å². The Morgan fingerprint density at radius 2 is 2.21 bits per heavy atom. The summed E-state index contributed by atoms with van der Waals surface area (Å²) < 4.78 is 1.49. The molecule has 0 bridgehead atoms. The van der Waals surface area contributed by atoms with Crippen LogP contribution in [0.3, 0.4) is 0 Å². The molecule has 11 heteroatoms. The molecule has 0 aromatic carbocycles. The van der Waals surface area contributed by atoms with E-state index < -0.39 is 5.41 Å². The first kappa shape index (κ1) is 22.1. The standard InChI is InChI=1S/C18H22N8O2.ClH/c1-12(2)18(11-19)5-7-26(16(18)28)14-4-6-21-17(24-14)23-13-8-22-25(9-13)10-15(27)20-3;/h4,6,8-9,12H,5,7,10H2,1-3H3,(H,20,27)(H,21,23,24);1H/t18-;/m1./s1. The smallest absolute Gasteiger partial charge is 0.248 e. The van der Waals surface area contributed by atoms with Crippen molar-refractivity contribution in [3.63, 3.8) is 0 Å². The van der Waals surface area contributed by atoms with Crippen molar-refractivity contribution in [3.8, 4) is 6.07 Å². The van der Waals surface area contributed by atoms with E-state index in [0.717, 1.165) is 0 Å². The number of aromatic nitrogens is 4. The summed E-state index contributed by atoms with van der Waals surface area (Å²) in [6.45, 7) is 4.31. The van der Waals surface area contributed by atoms with Crippen molar-refractivity contribution in [2.75, 3.05) is 23.8 Å². The number of amides is 2. The molecule has 0 unspecified atom stereocenters. The van der Waals surface area contributed by atoms with Crippen molar-refractivity contribution in [2.24, 2.45) is 11.3 Å². The molecule has 0 aliphatic carbocycles. The van der Waals surface area contributed by atoms with Crippen LogP contribution in [0.2, 0.25) is 0 Å². The Labute approximate surface area is 174 Å². The highest BCUT2D eigenvalue weighted by molar-refractivity contribution is 6.01. The Bertz CT molecular complexity index is 938. The summed E-state index contributed by atoms with van der Waals surface area (Å²) in [7, 11) is 1.56. The Balaban J connectivity index is 0.00000300. The minimum atomic E-state index is -1.01. The summed E-state index contributed by atoms with van der Waals surface area (Å²) in [5.41, 5.74) is -0.401. The van der Waals surface area contributed by atoms with Crippen molar-refractivity contribution in [3.05, 3.63) is 24.7 Å². The quantitative estimate of drug-likeness (QED) is 0.726. The molecule has 2 amide bonds. The van der Waals surface area contributed by atoms with Crippen LogP contribution in [0.5, 0.6) is 0 Å². The minimum Gasteiger partial charge on any atom is -0.358 e. The molecule has 2 aromatic heterocycles. The van der Waals surface area contributed by atoms with E-state index >= 15 is 0 Å². The van der Waals surface area contributed by atoms with Crippen LogP contribution < -0.4 is 15.5 Å². The van der Waals surface area contributed by atoms with Crippen molar-refractivity contribution in [1.29, 1.82) is 5.26 Å². The summed E-state index contributed by atoms with van der Waals surface area (Å²) in [4.78, 5) is 34.4. The van der Waals surface area contributed by atoms with Crippen LogP contribution in [-0.4, -0.2) is 45.2 Å². The molecular weight excluding hydrogens is 396 g/mol. The number of carbonyl (C=O) groups excluding carboxylic acids is 2. The number of nitriles is 1. The SMILES string of the molecule is CNC(=O)Cn1cc(Nc2nccc(N3CC[C@@](C#N)(C(C)C)C3=O)n2)cn1.Cl. The second-order valence-corrected chi connectivity index (χ2v) is 6.91. The van der Waals surface area contributed by atoms with Gasteiger partial charge in [0.15, 0.2) is 0 Å².